The van der Waals surface area contributed by atoms with Crippen LogP contribution in [0.4, 0.5) is 5.13 Å². The van der Waals surface area contributed by atoms with Crippen molar-refractivity contribution in [3.05, 3.63) is 10.6 Å². The van der Waals surface area contributed by atoms with E-state index >= 15 is 0 Å². The fourth-order valence-corrected chi connectivity index (χ4v) is 3.08. The van der Waals surface area contributed by atoms with Crippen molar-refractivity contribution < 1.29 is 9.90 Å². The van der Waals surface area contributed by atoms with E-state index in [1.807, 2.05) is 0 Å². The number of hydrogen-bond donors (Lipinski definition) is 2. The van der Waals surface area contributed by atoms with Crippen LogP contribution in [-0.2, 0) is 0 Å². The molecule has 2 N–H and O–H groups in total. The van der Waals surface area contributed by atoms with E-state index in [-0.39, 0.29) is 5.69 Å². The number of anilines is 1. The van der Waals surface area contributed by atoms with Gasteiger partial charge < -0.3 is 15.3 Å². The monoisotopic (exact) mass is 269 g/mol. The van der Waals surface area contributed by atoms with E-state index in [9.17, 15) is 4.79 Å². The molecule has 5 nitrogen and oxygen atoms in total. The Balaban J connectivity index is 1.87. The smallest absolute Gasteiger partial charge is 0.355 e. The molecule has 1 aromatic heterocycles. The van der Waals surface area contributed by atoms with Crippen LogP contribution in [0.25, 0.3) is 0 Å². The Bertz CT molecular complexity index is 433. The highest BCUT2D eigenvalue weighted by atomic mass is 32.1. The number of aromatic carboxylic acids is 1. The molecule has 0 amide bonds. The van der Waals surface area contributed by atoms with E-state index in [1.54, 1.807) is 6.92 Å². The van der Waals surface area contributed by atoms with Crippen LogP contribution in [0.2, 0.25) is 0 Å². The Kier molecular flexibility index (Phi) is 4.19. The summed E-state index contributed by atoms with van der Waals surface area (Å²) < 4.78 is 0. The van der Waals surface area contributed by atoms with Crippen LogP contribution in [0.5, 0.6) is 0 Å². The summed E-state index contributed by atoms with van der Waals surface area (Å²) in [5.74, 6) is -0.308. The van der Waals surface area contributed by atoms with Gasteiger partial charge in [0.2, 0.25) is 0 Å². The second kappa shape index (κ2) is 5.67. The largest absolute Gasteiger partial charge is 0.476 e. The van der Waals surface area contributed by atoms with Gasteiger partial charge in [0.25, 0.3) is 0 Å². The van der Waals surface area contributed by atoms with E-state index < -0.39 is 5.97 Å². The van der Waals surface area contributed by atoms with Gasteiger partial charge in [-0.1, -0.05) is 6.92 Å². The molecule has 2 rings (SSSR count). The van der Waals surface area contributed by atoms with Crippen molar-refractivity contribution in [1.29, 1.82) is 0 Å². The molecule has 2 heterocycles. The van der Waals surface area contributed by atoms with Gasteiger partial charge in [-0.3, -0.25) is 0 Å². The summed E-state index contributed by atoms with van der Waals surface area (Å²) in [6, 6.07) is 0. The molecule has 1 atom stereocenters. The minimum absolute atomic E-state index is 0.170. The highest BCUT2D eigenvalue weighted by Crippen LogP contribution is 2.23. The minimum Gasteiger partial charge on any atom is -0.476 e. The first kappa shape index (κ1) is 13.3. The van der Waals surface area contributed by atoms with Crippen LogP contribution in [0.1, 0.15) is 28.7 Å². The molecule has 1 fully saturated rings. The first-order valence-corrected chi connectivity index (χ1v) is 7.08. The van der Waals surface area contributed by atoms with Crippen molar-refractivity contribution >= 4 is 22.4 Å². The third-order valence-electron chi connectivity index (χ3n) is 3.36. The summed E-state index contributed by atoms with van der Waals surface area (Å²) in [4.78, 5) is 18.2. The molecule has 1 aromatic rings. The van der Waals surface area contributed by atoms with E-state index in [1.165, 1.54) is 24.3 Å². The molecule has 1 aliphatic rings. The molecule has 1 unspecified atom stereocenters. The molecular formula is C12H19N3O2S. The zero-order chi connectivity index (χ0) is 13.1. The van der Waals surface area contributed by atoms with Crippen LogP contribution in [0.15, 0.2) is 0 Å². The van der Waals surface area contributed by atoms with E-state index in [4.69, 9.17) is 5.11 Å². The van der Waals surface area contributed by atoms with Crippen molar-refractivity contribution in [3.8, 4) is 0 Å². The van der Waals surface area contributed by atoms with Gasteiger partial charge in [-0.2, -0.15) is 0 Å². The van der Waals surface area contributed by atoms with Gasteiger partial charge in [0, 0.05) is 18.0 Å². The van der Waals surface area contributed by atoms with Crippen LogP contribution in [0.3, 0.4) is 0 Å². The summed E-state index contributed by atoms with van der Waals surface area (Å²) >= 11 is 1.42. The lowest BCUT2D eigenvalue weighted by Gasteiger charge is -2.13. The van der Waals surface area contributed by atoms with Crippen molar-refractivity contribution in [2.45, 2.75) is 20.3 Å². The summed E-state index contributed by atoms with van der Waals surface area (Å²) in [5, 5.41) is 12.9. The van der Waals surface area contributed by atoms with Gasteiger partial charge in [-0.15, -0.1) is 11.3 Å². The molecule has 0 spiro atoms. The zero-order valence-electron chi connectivity index (χ0n) is 10.8. The molecule has 0 saturated carbocycles. The Morgan fingerprint density at radius 2 is 2.44 bits per heavy atom. The van der Waals surface area contributed by atoms with Gasteiger partial charge >= 0.3 is 5.97 Å². The van der Waals surface area contributed by atoms with Crippen LogP contribution < -0.4 is 5.32 Å². The second-order valence-corrected chi connectivity index (χ2v) is 5.86. The fraction of sp³-hybridized carbons (Fsp3) is 0.667. The Morgan fingerprint density at radius 1 is 1.67 bits per heavy atom. The lowest BCUT2D eigenvalue weighted by Crippen LogP contribution is -2.22. The van der Waals surface area contributed by atoms with E-state index in [2.05, 4.69) is 22.1 Å². The summed E-state index contributed by atoms with van der Waals surface area (Å²) in [6.45, 7) is 8.25. The van der Waals surface area contributed by atoms with Gasteiger partial charge in [-0.25, -0.2) is 9.78 Å². The molecule has 1 saturated heterocycles. The molecule has 100 valence electrons. The van der Waals surface area contributed by atoms with Crippen molar-refractivity contribution in [2.24, 2.45) is 5.92 Å². The Morgan fingerprint density at radius 3 is 3.00 bits per heavy atom. The van der Waals surface area contributed by atoms with Crippen molar-refractivity contribution in [2.75, 3.05) is 31.5 Å². The minimum atomic E-state index is -0.949. The molecule has 0 bridgehead atoms. The maximum atomic E-state index is 10.9. The molecule has 0 radical (unpaired) electrons. The van der Waals surface area contributed by atoms with Crippen LogP contribution in [0, 0.1) is 12.8 Å². The van der Waals surface area contributed by atoms with Crippen LogP contribution >= 0.6 is 11.3 Å². The van der Waals surface area contributed by atoms with Gasteiger partial charge in [0.15, 0.2) is 10.8 Å². The third-order valence-corrected chi connectivity index (χ3v) is 4.29. The highest BCUT2D eigenvalue weighted by molar-refractivity contribution is 7.15. The number of aryl methyl sites for hydroxylation is 1. The van der Waals surface area contributed by atoms with Crippen molar-refractivity contribution in [1.82, 2.24) is 9.88 Å². The molecule has 0 aliphatic carbocycles. The second-order valence-electron chi connectivity index (χ2n) is 4.66. The number of carbonyl (C=O) groups is 1. The third kappa shape index (κ3) is 3.00. The number of nitrogens with zero attached hydrogens (tertiary/aromatic N) is 2. The van der Waals surface area contributed by atoms with Crippen molar-refractivity contribution in [3.63, 3.8) is 0 Å². The quantitative estimate of drug-likeness (QED) is 0.854. The molecule has 1 aliphatic heterocycles. The first-order chi connectivity index (χ1) is 8.60. The summed E-state index contributed by atoms with van der Waals surface area (Å²) in [7, 11) is 0. The average molecular weight is 269 g/mol. The zero-order valence-corrected chi connectivity index (χ0v) is 11.6. The van der Waals surface area contributed by atoms with E-state index in [0.717, 1.165) is 29.6 Å². The van der Waals surface area contributed by atoms with Gasteiger partial charge in [-0.05, 0) is 32.4 Å². The first-order valence-electron chi connectivity index (χ1n) is 6.27. The number of aromatic nitrogens is 1. The molecular weight excluding hydrogens is 250 g/mol. The predicted octanol–water partition coefficient (Wildman–Crippen LogP) is 1.90. The summed E-state index contributed by atoms with van der Waals surface area (Å²) in [6.07, 6.45) is 1.21. The standard InChI is InChI=1S/C12H19N3O2S/c1-3-15-5-4-9(7-15)6-13-12-14-10(11(16)17)8(2)18-12/h9H,3-7H2,1-2H3,(H,13,14)(H,16,17). The number of carboxylic acid groups (broad SMARTS) is 1. The maximum absolute atomic E-state index is 10.9. The molecule has 6 heteroatoms. The highest BCUT2D eigenvalue weighted by Gasteiger charge is 2.21. The predicted molar refractivity (Wildman–Crippen MR) is 72.5 cm³/mol. The number of rotatable bonds is 5. The van der Waals surface area contributed by atoms with Gasteiger partial charge in [0.05, 0.1) is 0 Å². The molecule has 0 aromatic carbocycles. The lowest BCUT2D eigenvalue weighted by molar-refractivity contribution is 0.0690. The Hall–Kier alpha value is -1.14. The number of carboxylic acids is 1. The van der Waals surface area contributed by atoms with Gasteiger partial charge in [0.1, 0.15) is 0 Å². The normalized spacial score (nSPS) is 20.2. The molecule has 18 heavy (non-hydrogen) atoms. The number of hydrogen-bond acceptors (Lipinski definition) is 5. The average Bonchev–Trinajstić information content (AvgIpc) is 2.92. The number of thiazole rings is 1. The lowest BCUT2D eigenvalue weighted by atomic mass is 10.1. The number of nitrogens with one attached hydrogen (secondary N) is 1. The SMILES string of the molecule is CCN1CCC(CNc2nc(C(=O)O)c(C)s2)C1. The maximum Gasteiger partial charge on any atom is 0.355 e. The number of likely N-dealkylation sites (tertiary alicyclic amines) is 1. The fourth-order valence-electron chi connectivity index (χ4n) is 2.27. The Labute approximate surface area is 111 Å². The van der Waals surface area contributed by atoms with E-state index in [0.29, 0.717) is 5.92 Å². The van der Waals surface area contributed by atoms with Crippen LogP contribution in [-0.4, -0.2) is 47.1 Å². The topological polar surface area (TPSA) is 65.5 Å². The summed E-state index contributed by atoms with van der Waals surface area (Å²) in [5.41, 5.74) is 0.170.